The molecule has 0 heterocycles. The summed E-state index contributed by atoms with van der Waals surface area (Å²) in [5.74, 6) is 0. The van der Waals surface area contributed by atoms with Crippen LogP contribution in [0.5, 0.6) is 0 Å². The molecule has 0 aliphatic heterocycles. The molecule has 1 rings (SSSR count). The zero-order valence-corrected chi connectivity index (χ0v) is 10.2. The maximum absolute atomic E-state index is 10.8. The number of hydrogen-bond donors (Lipinski definition) is 0. The van der Waals surface area contributed by atoms with E-state index in [1.165, 1.54) is 10.9 Å². The van der Waals surface area contributed by atoms with E-state index >= 15 is 0 Å². The summed E-state index contributed by atoms with van der Waals surface area (Å²) < 4.78 is 1.33. The second-order valence-corrected chi connectivity index (χ2v) is 6.00. The molecule has 0 aliphatic carbocycles. The SMILES string of the molecule is CCCCC(C=O)[Se]c1ccccc1. The Labute approximate surface area is 92.1 Å². The number of aldehydes is 1. The second kappa shape index (κ2) is 6.80. The van der Waals surface area contributed by atoms with Gasteiger partial charge in [-0.2, -0.15) is 0 Å². The fourth-order valence-corrected chi connectivity index (χ4v) is 3.34. The molecule has 1 nitrogen and oxygen atoms in total. The average Bonchev–Trinajstić information content (AvgIpc) is 2.25. The first-order valence-corrected chi connectivity index (χ1v) is 6.88. The Morgan fingerprint density at radius 1 is 1.36 bits per heavy atom. The monoisotopic (exact) mass is 256 g/mol. The van der Waals surface area contributed by atoms with Crippen LogP contribution in [0.3, 0.4) is 0 Å². The van der Waals surface area contributed by atoms with Crippen molar-refractivity contribution in [3.63, 3.8) is 0 Å². The molecule has 0 saturated carbocycles. The van der Waals surface area contributed by atoms with Crippen molar-refractivity contribution < 1.29 is 4.79 Å². The molecule has 1 aromatic carbocycles. The summed E-state index contributed by atoms with van der Waals surface area (Å²) in [6.07, 6.45) is 4.52. The van der Waals surface area contributed by atoms with Gasteiger partial charge in [0.15, 0.2) is 0 Å². The van der Waals surface area contributed by atoms with E-state index in [1.807, 2.05) is 18.2 Å². The zero-order chi connectivity index (χ0) is 10.2. The number of hydrogen-bond acceptors (Lipinski definition) is 1. The number of unbranched alkanes of at least 4 members (excludes halogenated alkanes) is 1. The van der Waals surface area contributed by atoms with Crippen LogP contribution in [0.4, 0.5) is 0 Å². The van der Waals surface area contributed by atoms with Gasteiger partial charge in [-0.3, -0.25) is 0 Å². The molecule has 1 unspecified atom stereocenters. The third-order valence-electron chi connectivity index (χ3n) is 2.02. The van der Waals surface area contributed by atoms with E-state index in [1.54, 1.807) is 0 Å². The number of rotatable bonds is 6. The first kappa shape index (κ1) is 11.5. The molecule has 0 aliphatic rings. The van der Waals surface area contributed by atoms with Crippen molar-refractivity contribution >= 4 is 25.7 Å². The van der Waals surface area contributed by atoms with E-state index in [0.29, 0.717) is 15.0 Å². The minimum atomic E-state index is 0.268. The third-order valence-corrected chi connectivity index (χ3v) is 4.53. The van der Waals surface area contributed by atoms with Crippen molar-refractivity contribution in [3.05, 3.63) is 30.3 Å². The van der Waals surface area contributed by atoms with Crippen LogP contribution in [0.1, 0.15) is 26.2 Å². The molecule has 0 bridgehead atoms. The van der Waals surface area contributed by atoms with Crippen LogP contribution in [-0.4, -0.2) is 21.2 Å². The third kappa shape index (κ3) is 4.08. The summed E-state index contributed by atoms with van der Waals surface area (Å²) in [5.41, 5.74) is 0. The molecule has 0 aromatic heterocycles. The maximum atomic E-state index is 10.8. The molecule has 2 heteroatoms. The Hall–Kier alpha value is -0.591. The minimum absolute atomic E-state index is 0.268. The first-order chi connectivity index (χ1) is 6.86. The van der Waals surface area contributed by atoms with Crippen molar-refractivity contribution in [1.29, 1.82) is 0 Å². The predicted molar refractivity (Wildman–Crippen MR) is 61.2 cm³/mol. The number of carbonyl (C=O) groups is 1. The molecule has 1 atom stereocenters. The van der Waals surface area contributed by atoms with Gasteiger partial charge in [-0.1, -0.05) is 0 Å². The van der Waals surface area contributed by atoms with Crippen molar-refractivity contribution in [2.45, 2.75) is 31.0 Å². The summed E-state index contributed by atoms with van der Waals surface area (Å²) in [6.45, 7) is 2.16. The van der Waals surface area contributed by atoms with E-state index in [0.717, 1.165) is 19.1 Å². The Kier molecular flexibility index (Phi) is 5.58. The van der Waals surface area contributed by atoms with Crippen molar-refractivity contribution in [2.24, 2.45) is 0 Å². The molecule has 0 saturated heterocycles. The molecule has 76 valence electrons. The van der Waals surface area contributed by atoms with Gasteiger partial charge in [0, 0.05) is 0 Å². The van der Waals surface area contributed by atoms with Crippen LogP contribution in [-0.2, 0) is 4.79 Å². The van der Waals surface area contributed by atoms with Gasteiger partial charge in [0.25, 0.3) is 0 Å². The van der Waals surface area contributed by atoms with Gasteiger partial charge in [-0.25, -0.2) is 0 Å². The molecule has 0 spiro atoms. The van der Waals surface area contributed by atoms with E-state index < -0.39 is 0 Å². The summed E-state index contributed by atoms with van der Waals surface area (Å²) >= 11 is 0.318. The predicted octanol–water partition coefficient (Wildman–Crippen LogP) is 2.19. The molecule has 14 heavy (non-hydrogen) atoms. The van der Waals surface area contributed by atoms with Crippen LogP contribution < -0.4 is 4.46 Å². The van der Waals surface area contributed by atoms with Gasteiger partial charge >= 0.3 is 91.8 Å². The van der Waals surface area contributed by atoms with Crippen LogP contribution in [0.15, 0.2) is 30.3 Å². The molecular weight excluding hydrogens is 239 g/mol. The van der Waals surface area contributed by atoms with Gasteiger partial charge in [0.1, 0.15) is 0 Å². The topological polar surface area (TPSA) is 17.1 Å². The molecule has 0 amide bonds. The summed E-state index contributed by atoms with van der Waals surface area (Å²) in [7, 11) is 0. The average molecular weight is 255 g/mol. The normalized spacial score (nSPS) is 12.4. The molecular formula is C12H16OSe. The summed E-state index contributed by atoms with van der Waals surface area (Å²) in [4.78, 5) is 11.1. The number of carbonyl (C=O) groups excluding carboxylic acids is 1. The Bertz CT molecular complexity index is 258. The van der Waals surface area contributed by atoms with Gasteiger partial charge in [0.05, 0.1) is 0 Å². The van der Waals surface area contributed by atoms with Crippen LogP contribution in [0.25, 0.3) is 0 Å². The van der Waals surface area contributed by atoms with E-state index in [4.69, 9.17) is 0 Å². The van der Waals surface area contributed by atoms with E-state index in [2.05, 4.69) is 19.1 Å². The standard InChI is InChI=1S/C12H16OSe/c1-2-3-7-12(10-13)14-11-8-5-4-6-9-11/h4-6,8-10,12H,2-3,7H2,1H3. The van der Waals surface area contributed by atoms with Crippen LogP contribution >= 0.6 is 0 Å². The van der Waals surface area contributed by atoms with Gasteiger partial charge in [-0.05, 0) is 0 Å². The van der Waals surface area contributed by atoms with E-state index in [-0.39, 0.29) is 4.82 Å². The number of benzene rings is 1. The van der Waals surface area contributed by atoms with Crippen molar-refractivity contribution in [2.75, 3.05) is 0 Å². The second-order valence-electron chi connectivity index (χ2n) is 3.25. The van der Waals surface area contributed by atoms with Crippen molar-refractivity contribution in [1.82, 2.24) is 0 Å². The van der Waals surface area contributed by atoms with Crippen LogP contribution in [0, 0.1) is 0 Å². The van der Waals surface area contributed by atoms with Gasteiger partial charge in [-0.15, -0.1) is 0 Å². The van der Waals surface area contributed by atoms with Crippen molar-refractivity contribution in [3.8, 4) is 0 Å². The molecule has 1 aromatic rings. The summed E-state index contributed by atoms with van der Waals surface area (Å²) in [6, 6.07) is 10.3. The Balaban J connectivity index is 2.44. The Morgan fingerprint density at radius 2 is 2.07 bits per heavy atom. The van der Waals surface area contributed by atoms with Gasteiger partial charge in [0.2, 0.25) is 0 Å². The fourth-order valence-electron chi connectivity index (χ4n) is 1.23. The van der Waals surface area contributed by atoms with Crippen LogP contribution in [0.2, 0.25) is 4.82 Å². The van der Waals surface area contributed by atoms with Gasteiger partial charge < -0.3 is 0 Å². The zero-order valence-electron chi connectivity index (χ0n) is 8.48. The molecule has 0 fully saturated rings. The molecule has 0 radical (unpaired) electrons. The first-order valence-electron chi connectivity index (χ1n) is 5.03. The Morgan fingerprint density at radius 3 is 2.64 bits per heavy atom. The molecule has 0 N–H and O–H groups in total. The quantitative estimate of drug-likeness (QED) is 0.562. The van der Waals surface area contributed by atoms with E-state index in [9.17, 15) is 4.79 Å². The fraction of sp³-hybridized carbons (Fsp3) is 0.417. The summed E-state index contributed by atoms with van der Waals surface area (Å²) in [5, 5.41) is 0.